The molecule has 0 unspecified atom stereocenters. The van der Waals surface area contributed by atoms with Crippen LogP contribution in [0.5, 0.6) is 0 Å². The largest absolute Gasteiger partial charge is 0.303 e. The third-order valence-electron chi connectivity index (χ3n) is 5.24. The standard InChI is InChI=1S/C22H22N4O/c1-14-6-5-7-19(16(14)3)17-8-9-22-23-12-18(26(22)13-17)11-21(27)20-10-15(2)25(4)24-20/h5-10,12-13H,11H2,1-4H3. The summed E-state index contributed by atoms with van der Waals surface area (Å²) < 4.78 is 3.73. The van der Waals surface area contributed by atoms with Crippen LogP contribution in [-0.2, 0) is 13.5 Å². The summed E-state index contributed by atoms with van der Waals surface area (Å²) >= 11 is 0. The average Bonchev–Trinajstić information content (AvgIpc) is 3.20. The predicted octanol–water partition coefficient (Wildman–Crippen LogP) is 4.09. The van der Waals surface area contributed by atoms with Crippen molar-refractivity contribution >= 4 is 11.4 Å². The molecule has 4 aromatic rings. The normalized spacial score (nSPS) is 11.3. The quantitative estimate of drug-likeness (QED) is 0.517. The molecule has 0 saturated carbocycles. The summed E-state index contributed by atoms with van der Waals surface area (Å²) in [4.78, 5) is 17.1. The van der Waals surface area contributed by atoms with Crippen molar-refractivity contribution < 1.29 is 4.79 Å². The van der Waals surface area contributed by atoms with Gasteiger partial charge in [-0.25, -0.2) is 4.98 Å². The Hall–Kier alpha value is -3.21. The molecule has 4 rings (SSSR count). The van der Waals surface area contributed by atoms with Crippen LogP contribution >= 0.6 is 0 Å². The number of aryl methyl sites for hydroxylation is 3. The van der Waals surface area contributed by atoms with Crippen LogP contribution in [0.1, 0.15) is 33.0 Å². The number of benzene rings is 1. The molecule has 0 bridgehead atoms. The van der Waals surface area contributed by atoms with Crippen molar-refractivity contribution in [3.63, 3.8) is 0 Å². The zero-order valence-corrected chi connectivity index (χ0v) is 16.0. The molecule has 136 valence electrons. The van der Waals surface area contributed by atoms with Gasteiger partial charge in [0.05, 0.1) is 12.1 Å². The van der Waals surface area contributed by atoms with Crippen molar-refractivity contribution in [3.05, 3.63) is 77.0 Å². The molecule has 0 saturated heterocycles. The number of rotatable bonds is 4. The van der Waals surface area contributed by atoms with E-state index in [1.165, 1.54) is 16.7 Å². The molecule has 0 aliphatic heterocycles. The van der Waals surface area contributed by atoms with Gasteiger partial charge in [0.1, 0.15) is 11.3 Å². The minimum atomic E-state index is -0.00219. The molecule has 0 aliphatic carbocycles. The van der Waals surface area contributed by atoms with Crippen LogP contribution in [0.2, 0.25) is 0 Å². The zero-order valence-electron chi connectivity index (χ0n) is 16.0. The summed E-state index contributed by atoms with van der Waals surface area (Å²) in [5.41, 5.74) is 8.00. The number of imidazole rings is 1. The number of carbonyl (C=O) groups excluding carboxylic acids is 1. The van der Waals surface area contributed by atoms with E-state index in [0.29, 0.717) is 5.69 Å². The highest BCUT2D eigenvalue weighted by Crippen LogP contribution is 2.26. The number of hydrogen-bond donors (Lipinski definition) is 0. The summed E-state index contributed by atoms with van der Waals surface area (Å²) in [6.07, 6.45) is 4.11. The van der Waals surface area contributed by atoms with Crippen molar-refractivity contribution in [3.8, 4) is 11.1 Å². The number of pyridine rings is 1. The molecule has 3 aromatic heterocycles. The van der Waals surface area contributed by atoms with Crippen molar-refractivity contribution in [2.45, 2.75) is 27.2 Å². The molecule has 5 nitrogen and oxygen atoms in total. The van der Waals surface area contributed by atoms with E-state index in [1.54, 1.807) is 10.9 Å². The van der Waals surface area contributed by atoms with Gasteiger partial charge in [-0.15, -0.1) is 0 Å². The van der Waals surface area contributed by atoms with E-state index in [2.05, 4.69) is 54.4 Å². The first-order valence-electron chi connectivity index (χ1n) is 9.00. The van der Waals surface area contributed by atoms with Crippen LogP contribution < -0.4 is 0 Å². The van der Waals surface area contributed by atoms with Gasteiger partial charge in [0.15, 0.2) is 5.78 Å². The fourth-order valence-corrected chi connectivity index (χ4v) is 3.34. The fraction of sp³-hybridized carbons (Fsp3) is 0.227. The highest BCUT2D eigenvalue weighted by Gasteiger charge is 2.15. The minimum absolute atomic E-state index is 0.00219. The molecule has 0 N–H and O–H groups in total. The molecule has 5 heteroatoms. The second-order valence-electron chi connectivity index (χ2n) is 7.04. The van der Waals surface area contributed by atoms with Gasteiger partial charge >= 0.3 is 0 Å². The summed E-state index contributed by atoms with van der Waals surface area (Å²) in [5, 5.41) is 4.29. The van der Waals surface area contributed by atoms with Crippen molar-refractivity contribution in [2.24, 2.45) is 7.05 Å². The smallest absolute Gasteiger partial charge is 0.188 e. The maximum Gasteiger partial charge on any atom is 0.188 e. The fourth-order valence-electron chi connectivity index (χ4n) is 3.34. The highest BCUT2D eigenvalue weighted by atomic mass is 16.1. The lowest BCUT2D eigenvalue weighted by molar-refractivity contribution is 0.0986. The predicted molar refractivity (Wildman–Crippen MR) is 106 cm³/mol. The van der Waals surface area contributed by atoms with Gasteiger partial charge in [-0.3, -0.25) is 9.48 Å². The van der Waals surface area contributed by atoms with Gasteiger partial charge in [-0.2, -0.15) is 5.10 Å². The third kappa shape index (κ3) is 3.05. The lowest BCUT2D eigenvalue weighted by Crippen LogP contribution is -2.07. The first-order valence-corrected chi connectivity index (χ1v) is 9.00. The Morgan fingerprint density at radius 1 is 1.11 bits per heavy atom. The van der Waals surface area contributed by atoms with Gasteiger partial charge in [-0.1, -0.05) is 18.2 Å². The Labute approximate surface area is 158 Å². The number of Topliss-reactive ketones (excluding diaryl/α,β-unsaturated/α-hetero) is 1. The summed E-state index contributed by atoms with van der Waals surface area (Å²) in [6.45, 7) is 6.19. The zero-order chi connectivity index (χ0) is 19.1. The van der Waals surface area contributed by atoms with Crippen LogP contribution in [0, 0.1) is 20.8 Å². The average molecular weight is 358 g/mol. The number of aromatic nitrogens is 4. The first kappa shape index (κ1) is 17.2. The van der Waals surface area contributed by atoms with Gasteiger partial charge in [0, 0.05) is 25.1 Å². The number of fused-ring (bicyclic) bond motifs is 1. The molecule has 0 aliphatic rings. The summed E-state index contributed by atoms with van der Waals surface area (Å²) in [5.74, 6) is -0.00219. The van der Waals surface area contributed by atoms with E-state index >= 15 is 0 Å². The van der Waals surface area contributed by atoms with Crippen LogP contribution in [-0.4, -0.2) is 24.9 Å². The van der Waals surface area contributed by atoms with E-state index in [1.807, 2.05) is 30.5 Å². The number of nitrogens with zero attached hydrogens (tertiary/aromatic N) is 4. The Morgan fingerprint density at radius 3 is 2.67 bits per heavy atom. The second kappa shape index (κ2) is 6.50. The molecular formula is C22H22N4O. The molecule has 0 amide bonds. The van der Waals surface area contributed by atoms with E-state index in [0.717, 1.165) is 22.6 Å². The van der Waals surface area contributed by atoms with Gasteiger partial charge < -0.3 is 4.40 Å². The Morgan fingerprint density at radius 2 is 1.93 bits per heavy atom. The first-order chi connectivity index (χ1) is 12.9. The number of ketones is 1. The van der Waals surface area contributed by atoms with Crippen molar-refractivity contribution in [1.82, 2.24) is 19.2 Å². The molecule has 0 spiro atoms. The molecular weight excluding hydrogens is 336 g/mol. The molecule has 27 heavy (non-hydrogen) atoms. The summed E-state index contributed by atoms with van der Waals surface area (Å²) in [6, 6.07) is 12.2. The molecule has 3 heterocycles. The van der Waals surface area contributed by atoms with E-state index in [9.17, 15) is 4.79 Å². The highest BCUT2D eigenvalue weighted by molar-refractivity contribution is 5.95. The molecule has 0 radical (unpaired) electrons. The van der Waals surface area contributed by atoms with Crippen molar-refractivity contribution in [2.75, 3.05) is 0 Å². The van der Waals surface area contributed by atoms with Crippen LogP contribution in [0.4, 0.5) is 0 Å². The van der Waals surface area contributed by atoms with Crippen LogP contribution in [0.3, 0.4) is 0 Å². The Bertz CT molecular complexity index is 1150. The van der Waals surface area contributed by atoms with Gasteiger partial charge in [0.2, 0.25) is 0 Å². The minimum Gasteiger partial charge on any atom is -0.303 e. The topological polar surface area (TPSA) is 52.2 Å². The molecule has 0 atom stereocenters. The maximum atomic E-state index is 12.7. The van der Waals surface area contributed by atoms with Crippen molar-refractivity contribution in [1.29, 1.82) is 0 Å². The Balaban J connectivity index is 1.72. The van der Waals surface area contributed by atoms with E-state index < -0.39 is 0 Å². The molecule has 0 fully saturated rings. The number of hydrogen-bond acceptors (Lipinski definition) is 3. The van der Waals surface area contributed by atoms with Crippen LogP contribution in [0.25, 0.3) is 16.8 Å². The van der Waals surface area contributed by atoms with Crippen LogP contribution in [0.15, 0.2) is 48.8 Å². The summed E-state index contributed by atoms with van der Waals surface area (Å²) in [7, 11) is 1.84. The number of carbonyl (C=O) groups is 1. The van der Waals surface area contributed by atoms with E-state index in [4.69, 9.17) is 0 Å². The van der Waals surface area contributed by atoms with E-state index in [-0.39, 0.29) is 12.2 Å². The lowest BCUT2D eigenvalue weighted by Gasteiger charge is -2.10. The second-order valence-corrected chi connectivity index (χ2v) is 7.04. The monoisotopic (exact) mass is 358 g/mol. The van der Waals surface area contributed by atoms with Gasteiger partial charge in [0.25, 0.3) is 0 Å². The lowest BCUT2D eigenvalue weighted by atomic mass is 9.98. The Kier molecular flexibility index (Phi) is 4.15. The third-order valence-corrected chi connectivity index (χ3v) is 5.24. The maximum absolute atomic E-state index is 12.7. The SMILES string of the molecule is Cc1cccc(-c2ccc3ncc(CC(=O)c4cc(C)n(C)n4)n3c2)c1C. The van der Waals surface area contributed by atoms with Gasteiger partial charge in [-0.05, 0) is 61.2 Å². The molecule has 1 aromatic carbocycles.